The van der Waals surface area contributed by atoms with Crippen molar-refractivity contribution in [2.45, 2.75) is 26.2 Å². The molecular formula is C14H15NO2. The summed E-state index contributed by atoms with van der Waals surface area (Å²) >= 11 is 0. The zero-order valence-electron chi connectivity index (χ0n) is 9.97. The van der Waals surface area contributed by atoms with Crippen LogP contribution in [-0.2, 0) is 0 Å². The smallest absolute Gasteiger partial charge is 0.336 e. The van der Waals surface area contributed by atoms with Crippen LogP contribution in [0.5, 0.6) is 0 Å². The van der Waals surface area contributed by atoms with E-state index >= 15 is 0 Å². The van der Waals surface area contributed by atoms with E-state index < -0.39 is 5.97 Å². The SMILES string of the molecule is CCC(C)c1cc(C(=O)O)c2ccccc2n1. The first kappa shape index (κ1) is 11.6. The lowest BCUT2D eigenvalue weighted by Crippen LogP contribution is -2.03. The van der Waals surface area contributed by atoms with E-state index in [1.54, 1.807) is 12.1 Å². The highest BCUT2D eigenvalue weighted by Gasteiger charge is 2.13. The number of carbonyl (C=O) groups is 1. The minimum Gasteiger partial charge on any atom is -0.478 e. The van der Waals surface area contributed by atoms with Gasteiger partial charge >= 0.3 is 5.97 Å². The summed E-state index contributed by atoms with van der Waals surface area (Å²) in [4.78, 5) is 15.8. The zero-order valence-corrected chi connectivity index (χ0v) is 9.97. The summed E-state index contributed by atoms with van der Waals surface area (Å²) in [5.74, 6) is -0.620. The molecule has 0 bridgehead atoms. The average molecular weight is 229 g/mol. The number of aromatic carboxylic acids is 1. The van der Waals surface area contributed by atoms with E-state index in [0.29, 0.717) is 10.9 Å². The highest BCUT2D eigenvalue weighted by atomic mass is 16.4. The Morgan fingerprint density at radius 2 is 2.12 bits per heavy atom. The third-order valence-electron chi connectivity index (χ3n) is 3.08. The Bertz CT molecular complexity index is 563. The normalized spacial score (nSPS) is 12.6. The van der Waals surface area contributed by atoms with Gasteiger partial charge in [-0.3, -0.25) is 4.98 Å². The minimum absolute atomic E-state index is 0.276. The summed E-state index contributed by atoms with van der Waals surface area (Å²) in [6, 6.07) is 9.05. The van der Waals surface area contributed by atoms with Crippen LogP contribution in [0.1, 0.15) is 42.2 Å². The van der Waals surface area contributed by atoms with Crippen molar-refractivity contribution >= 4 is 16.9 Å². The molecule has 0 saturated heterocycles. The minimum atomic E-state index is -0.895. The third-order valence-corrected chi connectivity index (χ3v) is 3.08. The molecule has 2 aromatic rings. The lowest BCUT2D eigenvalue weighted by molar-refractivity contribution is 0.0699. The average Bonchev–Trinajstić information content (AvgIpc) is 2.36. The number of carboxylic acid groups (broad SMARTS) is 1. The molecule has 88 valence electrons. The highest BCUT2D eigenvalue weighted by molar-refractivity contribution is 6.02. The number of para-hydroxylation sites is 1. The first-order valence-corrected chi connectivity index (χ1v) is 5.76. The lowest BCUT2D eigenvalue weighted by Gasteiger charge is -2.11. The Kier molecular flexibility index (Phi) is 3.09. The second kappa shape index (κ2) is 4.53. The van der Waals surface area contributed by atoms with Crippen LogP contribution < -0.4 is 0 Å². The Morgan fingerprint density at radius 1 is 1.41 bits per heavy atom. The molecule has 1 unspecified atom stereocenters. The third kappa shape index (κ3) is 2.13. The maximum Gasteiger partial charge on any atom is 0.336 e. The number of fused-ring (bicyclic) bond motifs is 1. The fourth-order valence-electron chi connectivity index (χ4n) is 1.83. The molecule has 1 atom stereocenters. The van der Waals surface area contributed by atoms with Crippen molar-refractivity contribution in [3.63, 3.8) is 0 Å². The van der Waals surface area contributed by atoms with Crippen LogP contribution in [-0.4, -0.2) is 16.1 Å². The van der Waals surface area contributed by atoms with Gasteiger partial charge < -0.3 is 5.11 Å². The monoisotopic (exact) mass is 229 g/mol. The summed E-state index contributed by atoms with van der Waals surface area (Å²) in [7, 11) is 0. The Labute approximate surface area is 100 Å². The molecule has 1 aromatic heterocycles. The molecule has 1 aromatic carbocycles. The van der Waals surface area contributed by atoms with Gasteiger partial charge in [0.2, 0.25) is 0 Å². The largest absolute Gasteiger partial charge is 0.478 e. The van der Waals surface area contributed by atoms with Crippen molar-refractivity contribution in [1.82, 2.24) is 4.98 Å². The van der Waals surface area contributed by atoms with Crippen molar-refractivity contribution in [3.05, 3.63) is 41.6 Å². The molecule has 0 amide bonds. The van der Waals surface area contributed by atoms with Crippen LogP contribution in [0.3, 0.4) is 0 Å². The van der Waals surface area contributed by atoms with Gasteiger partial charge in [0.15, 0.2) is 0 Å². The van der Waals surface area contributed by atoms with Gasteiger partial charge in [-0.1, -0.05) is 32.0 Å². The zero-order chi connectivity index (χ0) is 12.4. The van der Waals surface area contributed by atoms with Crippen LogP contribution in [0.25, 0.3) is 10.9 Å². The van der Waals surface area contributed by atoms with E-state index in [-0.39, 0.29) is 5.92 Å². The number of aromatic nitrogens is 1. The van der Waals surface area contributed by atoms with Crippen LogP contribution >= 0.6 is 0 Å². The van der Waals surface area contributed by atoms with Crippen LogP contribution in [0.2, 0.25) is 0 Å². The van der Waals surface area contributed by atoms with Crippen molar-refractivity contribution in [3.8, 4) is 0 Å². The van der Waals surface area contributed by atoms with Gasteiger partial charge in [-0.2, -0.15) is 0 Å². The molecule has 0 fully saturated rings. The summed E-state index contributed by atoms with van der Waals surface area (Å²) in [5.41, 5.74) is 1.94. The van der Waals surface area contributed by atoms with Gasteiger partial charge in [0.1, 0.15) is 0 Å². The van der Waals surface area contributed by atoms with Gasteiger partial charge in [0.05, 0.1) is 11.1 Å². The van der Waals surface area contributed by atoms with Crippen LogP contribution in [0.15, 0.2) is 30.3 Å². The van der Waals surface area contributed by atoms with Gasteiger partial charge in [0, 0.05) is 11.1 Å². The van der Waals surface area contributed by atoms with Crippen LogP contribution in [0, 0.1) is 0 Å². The summed E-state index contributed by atoms with van der Waals surface area (Å²) in [6.07, 6.45) is 0.949. The van der Waals surface area contributed by atoms with E-state index in [1.807, 2.05) is 18.2 Å². The quantitative estimate of drug-likeness (QED) is 0.877. The van der Waals surface area contributed by atoms with Crippen molar-refractivity contribution in [2.75, 3.05) is 0 Å². The van der Waals surface area contributed by atoms with E-state index in [9.17, 15) is 9.90 Å². The molecular weight excluding hydrogens is 214 g/mol. The van der Waals surface area contributed by atoms with E-state index in [0.717, 1.165) is 17.6 Å². The highest BCUT2D eigenvalue weighted by Crippen LogP contribution is 2.24. The Morgan fingerprint density at radius 3 is 2.76 bits per heavy atom. The maximum atomic E-state index is 11.3. The molecule has 0 aliphatic carbocycles. The number of nitrogens with zero attached hydrogens (tertiary/aromatic N) is 1. The first-order valence-electron chi connectivity index (χ1n) is 5.76. The Hall–Kier alpha value is -1.90. The topological polar surface area (TPSA) is 50.2 Å². The molecule has 1 N–H and O–H groups in total. The van der Waals surface area contributed by atoms with E-state index in [2.05, 4.69) is 18.8 Å². The summed E-state index contributed by atoms with van der Waals surface area (Å²) in [5, 5.41) is 9.93. The second-order valence-electron chi connectivity index (χ2n) is 4.23. The predicted molar refractivity (Wildman–Crippen MR) is 67.4 cm³/mol. The van der Waals surface area contributed by atoms with Gasteiger partial charge in [0.25, 0.3) is 0 Å². The fourth-order valence-corrected chi connectivity index (χ4v) is 1.83. The molecule has 0 saturated carbocycles. The van der Waals surface area contributed by atoms with E-state index in [4.69, 9.17) is 0 Å². The molecule has 2 rings (SSSR count). The molecule has 0 spiro atoms. The molecule has 17 heavy (non-hydrogen) atoms. The summed E-state index contributed by atoms with van der Waals surface area (Å²) in [6.45, 7) is 4.13. The number of rotatable bonds is 3. The number of pyridine rings is 1. The van der Waals surface area contributed by atoms with Crippen molar-refractivity contribution in [2.24, 2.45) is 0 Å². The first-order chi connectivity index (χ1) is 8.13. The number of hydrogen-bond acceptors (Lipinski definition) is 2. The van der Waals surface area contributed by atoms with Gasteiger partial charge in [-0.15, -0.1) is 0 Å². The molecule has 0 aliphatic rings. The number of carboxylic acids is 1. The number of benzene rings is 1. The molecule has 1 heterocycles. The van der Waals surface area contributed by atoms with Gasteiger partial charge in [-0.25, -0.2) is 4.79 Å². The van der Waals surface area contributed by atoms with Gasteiger partial charge in [-0.05, 0) is 24.5 Å². The molecule has 0 radical (unpaired) electrons. The molecule has 0 aliphatic heterocycles. The number of hydrogen-bond donors (Lipinski definition) is 1. The summed E-state index contributed by atoms with van der Waals surface area (Å²) < 4.78 is 0. The van der Waals surface area contributed by atoms with Crippen LogP contribution in [0.4, 0.5) is 0 Å². The fraction of sp³-hybridized carbons (Fsp3) is 0.286. The second-order valence-corrected chi connectivity index (χ2v) is 4.23. The van der Waals surface area contributed by atoms with Crippen molar-refractivity contribution in [1.29, 1.82) is 0 Å². The standard InChI is InChI=1S/C14H15NO2/c1-3-9(2)13-8-11(14(16)17)10-6-4-5-7-12(10)15-13/h4-9H,3H2,1-2H3,(H,16,17). The maximum absolute atomic E-state index is 11.3. The van der Waals surface area contributed by atoms with Crippen molar-refractivity contribution < 1.29 is 9.90 Å². The predicted octanol–water partition coefficient (Wildman–Crippen LogP) is 3.45. The Balaban J connectivity index is 2.71. The molecule has 3 heteroatoms. The lowest BCUT2D eigenvalue weighted by atomic mass is 10.00. The van der Waals surface area contributed by atoms with E-state index in [1.165, 1.54) is 0 Å². The molecule has 3 nitrogen and oxygen atoms in total.